The van der Waals surface area contributed by atoms with Crippen molar-refractivity contribution in [1.29, 1.82) is 0 Å². The molecule has 1 aromatic heterocycles. The van der Waals surface area contributed by atoms with Gasteiger partial charge in [-0.15, -0.1) is 0 Å². The summed E-state index contributed by atoms with van der Waals surface area (Å²) in [4.78, 5) is 12.6. The molecule has 1 aromatic carbocycles. The third-order valence-electron chi connectivity index (χ3n) is 3.47. The van der Waals surface area contributed by atoms with Gasteiger partial charge < -0.3 is 4.57 Å². The van der Waals surface area contributed by atoms with Crippen LogP contribution in [0.2, 0.25) is 5.02 Å². The fraction of sp³-hybridized carbons (Fsp3) is 0.357. The summed E-state index contributed by atoms with van der Waals surface area (Å²) < 4.78 is 61.6. The monoisotopic (exact) mass is 382 g/mol. The van der Waals surface area contributed by atoms with Crippen molar-refractivity contribution in [3.8, 4) is 0 Å². The van der Waals surface area contributed by atoms with E-state index in [2.05, 4.69) is 0 Å². The minimum atomic E-state index is -5.44. The highest BCUT2D eigenvalue weighted by molar-refractivity contribution is 7.90. The van der Waals surface area contributed by atoms with Gasteiger partial charge in [0, 0.05) is 18.8 Å². The second kappa shape index (κ2) is 6.73. The van der Waals surface area contributed by atoms with Gasteiger partial charge in [-0.3, -0.25) is 4.79 Å². The number of nitrogens with one attached hydrogen (secondary N) is 1. The van der Waals surface area contributed by atoms with Gasteiger partial charge in [0.2, 0.25) is 0 Å². The zero-order valence-corrected chi connectivity index (χ0v) is 14.1. The number of alkyl halides is 3. The molecule has 0 aliphatic heterocycles. The van der Waals surface area contributed by atoms with Crippen molar-refractivity contribution in [3.05, 3.63) is 45.3 Å². The molecule has 24 heavy (non-hydrogen) atoms. The molecule has 0 amide bonds. The number of nitrogens with zero attached hydrogens (tertiary/aromatic N) is 1. The number of benzene rings is 1. The zero-order valence-electron chi connectivity index (χ0n) is 12.5. The maximum absolute atomic E-state index is 12.6. The molecule has 0 saturated heterocycles. The second-order valence-corrected chi connectivity index (χ2v) is 7.16. The van der Waals surface area contributed by atoms with Crippen molar-refractivity contribution < 1.29 is 21.6 Å². The first-order chi connectivity index (χ1) is 11.1. The van der Waals surface area contributed by atoms with Crippen molar-refractivity contribution in [2.75, 3.05) is 6.54 Å². The first-order valence-electron chi connectivity index (χ1n) is 6.95. The quantitative estimate of drug-likeness (QED) is 0.864. The van der Waals surface area contributed by atoms with E-state index in [1.54, 1.807) is 25.1 Å². The van der Waals surface area contributed by atoms with E-state index in [1.165, 1.54) is 15.4 Å². The van der Waals surface area contributed by atoms with Gasteiger partial charge in [0.15, 0.2) is 0 Å². The fourth-order valence-electron chi connectivity index (χ4n) is 2.32. The average Bonchev–Trinajstić information content (AvgIpc) is 2.47. The molecule has 0 aliphatic rings. The van der Waals surface area contributed by atoms with Gasteiger partial charge in [0.25, 0.3) is 5.56 Å². The predicted molar refractivity (Wildman–Crippen MR) is 85.6 cm³/mol. The Balaban J connectivity index is 2.37. The summed E-state index contributed by atoms with van der Waals surface area (Å²) >= 11 is 6.02. The van der Waals surface area contributed by atoms with E-state index in [0.29, 0.717) is 17.5 Å². The summed E-state index contributed by atoms with van der Waals surface area (Å²) in [6, 6.07) is 6.64. The molecular formula is C14H14ClF3N2O3S. The van der Waals surface area contributed by atoms with Crippen LogP contribution in [0.1, 0.15) is 12.6 Å². The van der Waals surface area contributed by atoms with E-state index in [0.717, 1.165) is 0 Å². The summed E-state index contributed by atoms with van der Waals surface area (Å²) in [5.41, 5.74) is -5.29. The molecule has 10 heteroatoms. The van der Waals surface area contributed by atoms with E-state index >= 15 is 0 Å². The lowest BCUT2D eigenvalue weighted by Crippen LogP contribution is -2.39. The molecule has 1 N–H and O–H groups in total. The Bertz CT molecular complexity index is 923. The lowest BCUT2D eigenvalue weighted by atomic mass is 10.1. The van der Waals surface area contributed by atoms with Crippen LogP contribution in [0.25, 0.3) is 10.8 Å². The first kappa shape index (κ1) is 18.8. The SMILES string of the molecule is CCc1cc2cccc(Cl)c2c(=O)n1CCNS(=O)(=O)C(F)(F)F. The molecule has 0 aliphatic carbocycles. The van der Waals surface area contributed by atoms with Gasteiger partial charge in [-0.05, 0) is 23.9 Å². The highest BCUT2D eigenvalue weighted by Crippen LogP contribution is 2.22. The number of sulfonamides is 1. The lowest BCUT2D eigenvalue weighted by molar-refractivity contribution is -0.0447. The largest absolute Gasteiger partial charge is 0.511 e. The van der Waals surface area contributed by atoms with Gasteiger partial charge in [0.05, 0.1) is 10.4 Å². The van der Waals surface area contributed by atoms with Gasteiger partial charge >= 0.3 is 15.5 Å². The van der Waals surface area contributed by atoms with Crippen LogP contribution in [-0.4, -0.2) is 25.0 Å². The number of aryl methyl sites for hydroxylation is 1. The number of hydrogen-bond acceptors (Lipinski definition) is 3. The minimum absolute atomic E-state index is 0.227. The molecule has 1 heterocycles. The van der Waals surface area contributed by atoms with Crippen LogP contribution in [0.3, 0.4) is 0 Å². The third kappa shape index (κ3) is 3.57. The van der Waals surface area contributed by atoms with Crippen LogP contribution in [-0.2, 0) is 23.0 Å². The number of pyridine rings is 1. The molecule has 0 saturated carbocycles. The average molecular weight is 383 g/mol. The Kier molecular flexibility index (Phi) is 5.26. The molecule has 0 unspecified atom stereocenters. The van der Waals surface area contributed by atoms with Crippen LogP contribution < -0.4 is 10.3 Å². The van der Waals surface area contributed by atoms with Crippen LogP contribution >= 0.6 is 11.6 Å². The normalized spacial score (nSPS) is 12.7. The number of rotatable bonds is 5. The van der Waals surface area contributed by atoms with Crippen LogP contribution in [0.5, 0.6) is 0 Å². The summed E-state index contributed by atoms with van der Waals surface area (Å²) in [5, 5.41) is 1.09. The standard InChI is InChI=1S/C14H14ClF3N2O3S/c1-2-10-8-9-4-3-5-11(15)12(9)13(21)20(10)7-6-19-24(22,23)14(16,17)18/h3-5,8,19H,2,6-7H2,1H3. The van der Waals surface area contributed by atoms with Crippen molar-refractivity contribution in [2.45, 2.75) is 25.4 Å². The van der Waals surface area contributed by atoms with Crippen molar-refractivity contribution in [2.24, 2.45) is 0 Å². The molecule has 0 fully saturated rings. The zero-order chi connectivity index (χ0) is 18.1. The summed E-state index contributed by atoms with van der Waals surface area (Å²) in [6.45, 7) is 0.977. The number of hydrogen-bond donors (Lipinski definition) is 1. The smallest absolute Gasteiger partial charge is 0.311 e. The van der Waals surface area contributed by atoms with E-state index in [4.69, 9.17) is 11.6 Å². The lowest BCUT2D eigenvalue weighted by Gasteiger charge is -2.15. The Labute approximate surface area is 141 Å². The van der Waals surface area contributed by atoms with Gasteiger partial charge in [0.1, 0.15) is 0 Å². The van der Waals surface area contributed by atoms with Gasteiger partial charge in [-0.25, -0.2) is 13.1 Å². The molecule has 5 nitrogen and oxygen atoms in total. The maximum atomic E-state index is 12.6. The third-order valence-corrected chi connectivity index (χ3v) is 4.98. The van der Waals surface area contributed by atoms with Crippen LogP contribution in [0.4, 0.5) is 13.2 Å². The Morgan fingerprint density at radius 2 is 1.96 bits per heavy atom. The summed E-state index contributed by atoms with van der Waals surface area (Å²) in [5.74, 6) is 0. The molecular weight excluding hydrogens is 369 g/mol. The van der Waals surface area contributed by atoms with E-state index in [9.17, 15) is 26.4 Å². The molecule has 0 bridgehead atoms. The molecule has 2 rings (SSSR count). The molecule has 2 aromatic rings. The van der Waals surface area contributed by atoms with Crippen molar-refractivity contribution in [1.82, 2.24) is 9.29 Å². The molecule has 132 valence electrons. The van der Waals surface area contributed by atoms with E-state index < -0.39 is 27.6 Å². The van der Waals surface area contributed by atoms with E-state index in [1.807, 2.05) is 0 Å². The summed E-state index contributed by atoms with van der Waals surface area (Å²) in [7, 11) is -5.44. The topological polar surface area (TPSA) is 68.2 Å². The first-order valence-corrected chi connectivity index (χ1v) is 8.81. The number of halogens is 4. The Morgan fingerprint density at radius 3 is 2.54 bits per heavy atom. The Morgan fingerprint density at radius 1 is 1.29 bits per heavy atom. The molecule has 0 radical (unpaired) electrons. The molecule has 0 spiro atoms. The van der Waals surface area contributed by atoms with Gasteiger partial charge in [-0.1, -0.05) is 30.7 Å². The minimum Gasteiger partial charge on any atom is -0.311 e. The van der Waals surface area contributed by atoms with Crippen molar-refractivity contribution in [3.63, 3.8) is 0 Å². The van der Waals surface area contributed by atoms with Gasteiger partial charge in [-0.2, -0.15) is 13.2 Å². The Hall–Kier alpha value is -1.58. The van der Waals surface area contributed by atoms with E-state index in [-0.39, 0.29) is 17.0 Å². The van der Waals surface area contributed by atoms with Crippen LogP contribution in [0.15, 0.2) is 29.1 Å². The molecule has 0 atom stereocenters. The highest BCUT2D eigenvalue weighted by atomic mass is 35.5. The number of fused-ring (bicyclic) bond motifs is 1. The highest BCUT2D eigenvalue weighted by Gasteiger charge is 2.45. The number of aromatic nitrogens is 1. The van der Waals surface area contributed by atoms with Crippen molar-refractivity contribution >= 4 is 32.4 Å². The summed E-state index contributed by atoms with van der Waals surface area (Å²) in [6.07, 6.45) is 0.448. The van der Waals surface area contributed by atoms with Crippen LogP contribution in [0, 0.1) is 0 Å². The fourth-order valence-corrected chi connectivity index (χ4v) is 3.11. The maximum Gasteiger partial charge on any atom is 0.511 e. The predicted octanol–water partition coefficient (Wildman–Crippen LogP) is 2.66. The second-order valence-electron chi connectivity index (χ2n) is 4.99.